The Kier molecular flexibility index (Phi) is 18.3. The topological polar surface area (TPSA) is 200 Å². The molecule has 0 aromatic heterocycles. The summed E-state index contributed by atoms with van der Waals surface area (Å²) < 4.78 is 0. The van der Waals surface area contributed by atoms with Crippen LogP contribution in [0.25, 0.3) is 0 Å². The van der Waals surface area contributed by atoms with Gasteiger partial charge in [0.2, 0.25) is 12.1 Å². The summed E-state index contributed by atoms with van der Waals surface area (Å²) in [5, 5.41) is 26.5. The van der Waals surface area contributed by atoms with Crippen molar-refractivity contribution in [3.8, 4) is 0 Å². The molecule has 0 aliphatic heterocycles. The van der Waals surface area contributed by atoms with Crippen molar-refractivity contribution in [2.24, 2.45) is 20.5 Å². The lowest BCUT2D eigenvalue weighted by atomic mass is 10.1. The second-order valence-corrected chi connectivity index (χ2v) is 16.6. The second-order valence-electron chi connectivity index (χ2n) is 14.4. The lowest BCUT2D eigenvalue weighted by molar-refractivity contribution is -0.127. The van der Waals surface area contributed by atoms with Gasteiger partial charge in [0.05, 0.1) is 37.9 Å². The van der Waals surface area contributed by atoms with Crippen LogP contribution in [0.2, 0.25) is 10.0 Å². The van der Waals surface area contributed by atoms with Crippen molar-refractivity contribution in [2.75, 3.05) is 33.0 Å². The zero-order chi connectivity index (χ0) is 47.2. The van der Waals surface area contributed by atoms with Crippen molar-refractivity contribution in [3.05, 3.63) is 141 Å². The molecular weight excluding hydrogens is 938 g/mol. The number of ketones is 2. The number of nitrogens with one attached hydrogen (secondary N) is 4. The zero-order valence-corrected chi connectivity index (χ0v) is 38.8. The van der Waals surface area contributed by atoms with Crippen molar-refractivity contribution in [1.29, 1.82) is 0 Å². The van der Waals surface area contributed by atoms with Crippen molar-refractivity contribution in [2.45, 2.75) is 51.1 Å². The summed E-state index contributed by atoms with van der Waals surface area (Å²) in [6, 6.07) is 24.1. The maximum atomic E-state index is 13.5. The van der Waals surface area contributed by atoms with Gasteiger partial charge in [0.15, 0.2) is 11.6 Å². The summed E-state index contributed by atoms with van der Waals surface area (Å²) in [4.78, 5) is 78.4. The molecule has 0 spiro atoms. The lowest BCUT2D eigenvalue weighted by Gasteiger charge is -2.17. The summed E-state index contributed by atoms with van der Waals surface area (Å²) in [7, 11) is 0. The predicted octanol–water partition coefficient (Wildman–Crippen LogP) is 11.7. The van der Waals surface area contributed by atoms with Gasteiger partial charge < -0.3 is 21.3 Å². The summed E-state index contributed by atoms with van der Waals surface area (Å²) in [5.41, 5.74) is 4.15. The molecule has 336 valence electrons. The van der Waals surface area contributed by atoms with E-state index in [0.29, 0.717) is 41.5 Å². The van der Waals surface area contributed by atoms with Gasteiger partial charge in [-0.1, -0.05) is 47.5 Å². The van der Waals surface area contributed by atoms with Gasteiger partial charge >= 0.3 is 0 Å². The van der Waals surface area contributed by atoms with Crippen LogP contribution in [-0.4, -0.2) is 59.0 Å². The van der Waals surface area contributed by atoms with Crippen LogP contribution in [0.4, 0.5) is 34.1 Å². The molecule has 19 heteroatoms. The molecule has 0 bridgehead atoms. The highest BCUT2D eigenvalue weighted by Gasteiger charge is 2.27. The number of amides is 4. The predicted molar refractivity (Wildman–Crippen MR) is 256 cm³/mol. The Morgan fingerprint density at radius 3 is 1.43 bits per heavy atom. The van der Waals surface area contributed by atoms with E-state index in [9.17, 15) is 28.8 Å². The number of alkyl halides is 3. The Labute approximate surface area is 399 Å². The molecule has 0 fully saturated rings. The largest absolute Gasteiger partial charge is 0.324 e. The molecule has 4 N–H and O–H groups in total. The minimum Gasteiger partial charge on any atom is -0.324 e. The maximum Gasteiger partial charge on any atom is 0.258 e. The Hall–Kier alpha value is -6.03. The van der Waals surface area contributed by atoms with Gasteiger partial charge in [-0.3, -0.25) is 28.8 Å². The SMILES string of the molecule is CC(=O)C(N=Nc1ccc(Cl)c(C(=O)Nc2cccc(CCCl)c2)c1)C(=O)Nc1ccc(NC(=O)C(N=Nc2ccc(Cl)c(C(=O)Nc3cccc(CCCl)c3)c2)C(C)=O)c(C(C)Cl)c1. The molecule has 5 aromatic carbocycles. The fourth-order valence-corrected chi connectivity index (χ4v) is 7.13. The number of rotatable bonds is 19. The average Bonchev–Trinajstić information content (AvgIpc) is 3.25. The standard InChI is InChI=1S/C46H41Cl5N8O6/c1-25(49)35-22-32(54-45(64)41(26(2)60)58-56-33-10-13-38(50)36(23-33)43(62)52-30-8-4-6-28(20-30)16-18-47)12-15-40(35)55-46(65)42(27(3)61)59-57-34-11-14-39(51)37(24-34)44(63)53-31-9-5-7-29(21-31)17-19-48/h4-15,20-25,41-42H,16-19H2,1-3H3,(H,52,62)(H,53,63)(H,54,64)(H,55,65). The van der Waals surface area contributed by atoms with Crippen molar-refractivity contribution in [1.82, 2.24) is 0 Å². The number of hydrogen-bond donors (Lipinski definition) is 4. The number of anilines is 4. The van der Waals surface area contributed by atoms with Crippen LogP contribution in [0.15, 0.2) is 124 Å². The minimum absolute atomic E-state index is 0.0822. The number of carbonyl (C=O) groups excluding carboxylic acids is 6. The molecule has 14 nitrogen and oxygen atoms in total. The molecule has 5 aromatic rings. The van der Waals surface area contributed by atoms with Crippen LogP contribution < -0.4 is 21.3 Å². The Morgan fingerprint density at radius 2 is 1.00 bits per heavy atom. The summed E-state index contributed by atoms with van der Waals surface area (Å²) in [6.45, 7) is 3.96. The maximum absolute atomic E-state index is 13.5. The minimum atomic E-state index is -1.60. The molecule has 0 aliphatic carbocycles. The second kappa shape index (κ2) is 23.8. The van der Waals surface area contributed by atoms with Crippen LogP contribution in [0, 0.1) is 0 Å². The van der Waals surface area contributed by atoms with Gasteiger partial charge in [-0.05, 0) is 129 Å². The molecule has 65 heavy (non-hydrogen) atoms. The van der Waals surface area contributed by atoms with E-state index in [1.54, 1.807) is 43.3 Å². The zero-order valence-electron chi connectivity index (χ0n) is 35.0. The third-order valence-corrected chi connectivity index (χ3v) is 10.6. The summed E-state index contributed by atoms with van der Waals surface area (Å²) in [6.07, 6.45) is 1.24. The average molecular weight is 979 g/mol. The number of aryl methyl sites for hydroxylation is 2. The number of nitrogens with zero attached hydrogens (tertiary/aromatic N) is 4. The number of benzene rings is 5. The van der Waals surface area contributed by atoms with Gasteiger partial charge in [-0.25, -0.2) is 0 Å². The van der Waals surface area contributed by atoms with Crippen LogP contribution in [-0.2, 0) is 32.0 Å². The molecule has 0 saturated heterocycles. The number of hydrogen-bond acceptors (Lipinski definition) is 10. The van der Waals surface area contributed by atoms with Gasteiger partial charge in [0.25, 0.3) is 23.6 Å². The summed E-state index contributed by atoms with van der Waals surface area (Å²) >= 11 is 30.9. The lowest BCUT2D eigenvalue weighted by Crippen LogP contribution is -2.32. The van der Waals surface area contributed by atoms with Crippen LogP contribution in [0.1, 0.15) is 63.6 Å². The van der Waals surface area contributed by atoms with E-state index < -0.39 is 52.7 Å². The molecular formula is C46H41Cl5N8O6. The molecule has 4 amide bonds. The van der Waals surface area contributed by atoms with Gasteiger partial charge in [-0.15, -0.1) is 34.8 Å². The molecule has 3 atom stereocenters. The van der Waals surface area contributed by atoms with Crippen molar-refractivity contribution in [3.63, 3.8) is 0 Å². The Balaban J connectivity index is 1.26. The first kappa shape index (κ1) is 50.0. The van der Waals surface area contributed by atoms with E-state index in [0.717, 1.165) is 11.1 Å². The Morgan fingerprint density at radius 1 is 0.554 bits per heavy atom. The van der Waals surface area contributed by atoms with E-state index in [2.05, 4.69) is 41.7 Å². The van der Waals surface area contributed by atoms with Crippen LogP contribution >= 0.6 is 58.0 Å². The highest BCUT2D eigenvalue weighted by atomic mass is 35.5. The fraction of sp³-hybridized carbons (Fsp3) is 0.217. The molecule has 0 aliphatic rings. The van der Waals surface area contributed by atoms with Crippen molar-refractivity contribution < 1.29 is 28.8 Å². The normalized spacial score (nSPS) is 12.6. The first-order valence-corrected chi connectivity index (χ1v) is 22.1. The first-order chi connectivity index (χ1) is 31.1. The smallest absolute Gasteiger partial charge is 0.258 e. The van der Waals surface area contributed by atoms with E-state index in [4.69, 9.17) is 58.0 Å². The van der Waals surface area contributed by atoms with E-state index in [1.165, 1.54) is 68.4 Å². The number of azo groups is 2. The number of carbonyl (C=O) groups is 6. The van der Waals surface area contributed by atoms with Gasteiger partial charge in [0, 0.05) is 34.5 Å². The molecule has 0 saturated carbocycles. The first-order valence-electron chi connectivity index (χ1n) is 19.8. The van der Waals surface area contributed by atoms with E-state index in [-0.39, 0.29) is 43.9 Å². The molecule has 0 radical (unpaired) electrons. The fourth-order valence-electron chi connectivity index (χ4n) is 6.10. The highest BCUT2D eigenvalue weighted by Crippen LogP contribution is 2.32. The third-order valence-electron chi connectivity index (χ3n) is 9.37. The number of Topliss-reactive ketones (excluding diaryl/α,β-unsaturated/α-hetero) is 2. The molecule has 3 unspecified atom stereocenters. The molecule has 5 rings (SSSR count). The van der Waals surface area contributed by atoms with E-state index >= 15 is 0 Å². The number of halogens is 5. The molecule has 0 heterocycles. The van der Waals surface area contributed by atoms with Gasteiger partial charge in [0.1, 0.15) is 0 Å². The van der Waals surface area contributed by atoms with Crippen LogP contribution in [0.5, 0.6) is 0 Å². The monoisotopic (exact) mass is 976 g/mol. The van der Waals surface area contributed by atoms with Crippen molar-refractivity contribution >= 4 is 127 Å². The van der Waals surface area contributed by atoms with Crippen LogP contribution in [0.3, 0.4) is 0 Å². The highest BCUT2D eigenvalue weighted by molar-refractivity contribution is 6.35. The van der Waals surface area contributed by atoms with E-state index in [1.807, 2.05) is 12.1 Å². The quantitative estimate of drug-likeness (QED) is 0.0360. The Bertz CT molecular complexity index is 2680. The summed E-state index contributed by atoms with van der Waals surface area (Å²) in [5.74, 6) is -3.12. The van der Waals surface area contributed by atoms with Gasteiger partial charge in [-0.2, -0.15) is 20.5 Å². The third kappa shape index (κ3) is 14.2.